The first-order chi connectivity index (χ1) is 13.7. The largest absolute Gasteiger partial charge is 0.454 e. The maximum atomic E-state index is 12.3. The Kier molecular flexibility index (Phi) is 7.43. The summed E-state index contributed by atoms with van der Waals surface area (Å²) >= 11 is 1.25. The van der Waals surface area contributed by atoms with Gasteiger partial charge in [0.1, 0.15) is 6.04 Å². The van der Waals surface area contributed by atoms with Crippen LogP contribution in [0.5, 0.6) is 0 Å². The van der Waals surface area contributed by atoms with Crippen LogP contribution in [-0.4, -0.2) is 35.4 Å². The monoisotopic (exact) mass is 419 g/mol. The predicted octanol–water partition coefficient (Wildman–Crippen LogP) is 2.90. The van der Waals surface area contributed by atoms with Crippen molar-refractivity contribution in [3.63, 3.8) is 0 Å². The van der Waals surface area contributed by atoms with Crippen molar-refractivity contribution in [3.8, 4) is 0 Å². The van der Waals surface area contributed by atoms with Crippen LogP contribution >= 0.6 is 11.3 Å². The van der Waals surface area contributed by atoms with E-state index in [0.717, 1.165) is 0 Å². The summed E-state index contributed by atoms with van der Waals surface area (Å²) < 4.78 is 5.05. The third-order valence-corrected chi connectivity index (χ3v) is 4.86. The normalized spacial score (nSPS) is 11.6. The lowest BCUT2D eigenvalue weighted by Gasteiger charge is -2.20. The van der Waals surface area contributed by atoms with Gasteiger partial charge in [-0.2, -0.15) is 0 Å². The van der Waals surface area contributed by atoms with Crippen LogP contribution in [0.3, 0.4) is 0 Å². The summed E-state index contributed by atoms with van der Waals surface area (Å²) in [6.07, 6.45) is 0. The summed E-state index contributed by atoms with van der Waals surface area (Å²) in [6, 6.07) is 6.47. The van der Waals surface area contributed by atoms with Crippen molar-refractivity contribution in [2.45, 2.75) is 26.8 Å². The Balaban J connectivity index is 1.92. The SMILES string of the molecule is Cc1cc([N+](=O)[O-])ccc1NC(=O)COC(=O)[C@@H](NC(=O)c1cccs1)C(C)C. The fraction of sp³-hybridized carbons (Fsp3) is 0.316. The van der Waals surface area contributed by atoms with E-state index in [1.165, 1.54) is 29.5 Å². The molecule has 10 heteroatoms. The fourth-order valence-electron chi connectivity index (χ4n) is 2.43. The highest BCUT2D eigenvalue weighted by Gasteiger charge is 2.27. The number of nitro groups is 1. The molecule has 0 aliphatic carbocycles. The summed E-state index contributed by atoms with van der Waals surface area (Å²) in [7, 11) is 0. The summed E-state index contributed by atoms with van der Waals surface area (Å²) in [5.74, 6) is -1.95. The van der Waals surface area contributed by atoms with E-state index in [-0.39, 0.29) is 17.5 Å². The van der Waals surface area contributed by atoms with E-state index in [9.17, 15) is 24.5 Å². The van der Waals surface area contributed by atoms with Gasteiger partial charge in [0.2, 0.25) is 0 Å². The summed E-state index contributed by atoms with van der Waals surface area (Å²) in [6.45, 7) is 4.57. The van der Waals surface area contributed by atoms with Crippen LogP contribution < -0.4 is 10.6 Å². The number of thiophene rings is 1. The van der Waals surface area contributed by atoms with E-state index >= 15 is 0 Å². The number of amides is 2. The first kappa shape index (κ1) is 22.0. The quantitative estimate of drug-likeness (QED) is 0.385. The number of hydrogen-bond donors (Lipinski definition) is 2. The Morgan fingerprint density at radius 3 is 2.52 bits per heavy atom. The number of benzene rings is 1. The standard InChI is InChI=1S/C19H21N3O6S/c1-11(2)17(21-18(24)15-5-4-8-29-15)19(25)28-10-16(23)20-14-7-6-13(22(26)27)9-12(14)3/h4-9,11,17H,10H2,1-3H3,(H,20,23)(H,21,24)/t17-/m0/s1. The lowest BCUT2D eigenvalue weighted by Crippen LogP contribution is -2.45. The highest BCUT2D eigenvalue weighted by atomic mass is 32.1. The van der Waals surface area contributed by atoms with Gasteiger partial charge < -0.3 is 15.4 Å². The number of hydrogen-bond acceptors (Lipinski definition) is 7. The van der Waals surface area contributed by atoms with Crippen LogP contribution in [0.4, 0.5) is 11.4 Å². The molecule has 2 N–H and O–H groups in total. The van der Waals surface area contributed by atoms with Gasteiger partial charge in [0.05, 0.1) is 9.80 Å². The minimum atomic E-state index is -0.904. The Hall–Kier alpha value is -3.27. The molecule has 1 aromatic heterocycles. The maximum Gasteiger partial charge on any atom is 0.329 e. The molecule has 29 heavy (non-hydrogen) atoms. The van der Waals surface area contributed by atoms with Crippen LogP contribution in [0, 0.1) is 23.0 Å². The average Bonchev–Trinajstić information content (AvgIpc) is 3.20. The molecule has 2 rings (SSSR count). The number of nitrogens with zero attached hydrogens (tertiary/aromatic N) is 1. The summed E-state index contributed by atoms with van der Waals surface area (Å²) in [4.78, 5) is 47.3. The van der Waals surface area contributed by atoms with Gasteiger partial charge in [-0.05, 0) is 35.9 Å². The molecule has 1 aromatic carbocycles. The van der Waals surface area contributed by atoms with Gasteiger partial charge in [-0.25, -0.2) is 4.79 Å². The number of aryl methyl sites for hydroxylation is 1. The van der Waals surface area contributed by atoms with Crippen LogP contribution in [-0.2, 0) is 14.3 Å². The number of non-ortho nitro benzene ring substituents is 1. The number of ether oxygens (including phenoxy) is 1. The molecule has 0 aliphatic heterocycles. The molecule has 2 amide bonds. The highest BCUT2D eigenvalue weighted by Crippen LogP contribution is 2.21. The summed E-state index contributed by atoms with van der Waals surface area (Å²) in [5.41, 5.74) is 0.790. The van der Waals surface area contributed by atoms with Gasteiger partial charge in [0, 0.05) is 17.8 Å². The average molecular weight is 419 g/mol. The molecular formula is C19H21N3O6S. The Morgan fingerprint density at radius 1 is 1.24 bits per heavy atom. The van der Waals surface area contributed by atoms with Crippen molar-refractivity contribution in [1.82, 2.24) is 5.32 Å². The smallest absolute Gasteiger partial charge is 0.329 e. The molecular weight excluding hydrogens is 398 g/mol. The first-order valence-corrected chi connectivity index (χ1v) is 9.63. The first-order valence-electron chi connectivity index (χ1n) is 8.75. The molecule has 0 saturated heterocycles. The van der Waals surface area contributed by atoms with Gasteiger partial charge in [0.25, 0.3) is 17.5 Å². The topological polar surface area (TPSA) is 128 Å². The fourth-order valence-corrected chi connectivity index (χ4v) is 3.06. The Morgan fingerprint density at radius 2 is 1.97 bits per heavy atom. The molecule has 2 aromatic rings. The molecule has 1 atom stereocenters. The van der Waals surface area contributed by atoms with Crippen molar-refractivity contribution in [3.05, 3.63) is 56.3 Å². The number of rotatable bonds is 8. The zero-order valence-corrected chi connectivity index (χ0v) is 16.9. The zero-order valence-electron chi connectivity index (χ0n) is 16.1. The molecule has 0 unspecified atom stereocenters. The number of anilines is 1. The minimum Gasteiger partial charge on any atom is -0.454 e. The van der Waals surface area contributed by atoms with Gasteiger partial charge in [0.15, 0.2) is 6.61 Å². The lowest BCUT2D eigenvalue weighted by atomic mass is 10.0. The van der Waals surface area contributed by atoms with Gasteiger partial charge >= 0.3 is 5.97 Å². The third-order valence-electron chi connectivity index (χ3n) is 3.99. The Labute approximate surface area is 171 Å². The molecule has 9 nitrogen and oxygen atoms in total. The van der Waals surface area contributed by atoms with E-state index in [2.05, 4.69) is 10.6 Å². The second-order valence-corrected chi connectivity index (χ2v) is 7.53. The van der Waals surface area contributed by atoms with Crippen molar-refractivity contribution < 1.29 is 24.0 Å². The molecule has 0 aliphatic rings. The number of nitrogens with one attached hydrogen (secondary N) is 2. The predicted molar refractivity (Wildman–Crippen MR) is 108 cm³/mol. The van der Waals surface area contributed by atoms with Crippen molar-refractivity contribution in [2.75, 3.05) is 11.9 Å². The maximum absolute atomic E-state index is 12.3. The second kappa shape index (κ2) is 9.78. The lowest BCUT2D eigenvalue weighted by molar-refractivity contribution is -0.384. The molecule has 0 radical (unpaired) electrons. The van der Waals surface area contributed by atoms with E-state index < -0.39 is 29.4 Å². The molecule has 0 spiro atoms. The Bertz CT molecular complexity index is 911. The van der Waals surface area contributed by atoms with E-state index in [1.807, 2.05) is 0 Å². The van der Waals surface area contributed by atoms with E-state index in [1.54, 1.807) is 38.3 Å². The van der Waals surface area contributed by atoms with E-state index in [4.69, 9.17) is 4.74 Å². The van der Waals surface area contributed by atoms with Crippen LogP contribution in [0.1, 0.15) is 29.1 Å². The van der Waals surface area contributed by atoms with Gasteiger partial charge in [-0.1, -0.05) is 19.9 Å². The molecule has 154 valence electrons. The summed E-state index contributed by atoms with van der Waals surface area (Å²) in [5, 5.41) is 17.7. The number of esters is 1. The molecule has 0 saturated carbocycles. The minimum absolute atomic E-state index is 0.0896. The van der Waals surface area contributed by atoms with Gasteiger partial charge in [-0.3, -0.25) is 19.7 Å². The van der Waals surface area contributed by atoms with E-state index in [0.29, 0.717) is 16.1 Å². The van der Waals surface area contributed by atoms with Crippen LogP contribution in [0.2, 0.25) is 0 Å². The number of carbonyl (C=O) groups excluding carboxylic acids is 3. The molecule has 0 fully saturated rings. The zero-order chi connectivity index (χ0) is 21.6. The van der Waals surface area contributed by atoms with Crippen LogP contribution in [0.25, 0.3) is 0 Å². The number of nitro benzene ring substituents is 1. The van der Waals surface area contributed by atoms with Crippen LogP contribution in [0.15, 0.2) is 35.7 Å². The number of carbonyl (C=O) groups is 3. The molecule has 0 bridgehead atoms. The van der Waals surface area contributed by atoms with Crippen molar-refractivity contribution >= 4 is 40.5 Å². The highest BCUT2D eigenvalue weighted by molar-refractivity contribution is 7.12. The third kappa shape index (κ3) is 6.11. The van der Waals surface area contributed by atoms with Gasteiger partial charge in [-0.15, -0.1) is 11.3 Å². The van der Waals surface area contributed by atoms with Crippen molar-refractivity contribution in [1.29, 1.82) is 0 Å². The van der Waals surface area contributed by atoms with Crippen molar-refractivity contribution in [2.24, 2.45) is 5.92 Å². The molecule has 1 heterocycles. The second-order valence-electron chi connectivity index (χ2n) is 6.58.